The Kier molecular flexibility index (Phi) is 3.41. The van der Waals surface area contributed by atoms with Crippen LogP contribution >= 0.6 is 11.3 Å². The van der Waals surface area contributed by atoms with Crippen LogP contribution in [-0.4, -0.2) is 19.0 Å². The first-order valence-corrected chi connectivity index (χ1v) is 4.61. The predicted octanol–water partition coefficient (Wildman–Crippen LogP) is 1.03. The summed E-state index contributed by atoms with van der Waals surface area (Å²) in [7, 11) is 1.32. The van der Waals surface area contributed by atoms with Crippen molar-refractivity contribution in [2.75, 3.05) is 7.11 Å². The Balaban J connectivity index is 2.78. The molecule has 0 aliphatic carbocycles. The fraction of sp³-hybridized carbons (Fsp3) is 0.111. The van der Waals surface area contributed by atoms with Crippen LogP contribution in [0.2, 0.25) is 0 Å². The number of thiophene rings is 1. The summed E-state index contributed by atoms with van der Waals surface area (Å²) in [5, 5.41) is 0. The molecule has 0 aliphatic rings. The molecule has 1 rings (SSSR count). The number of amides is 1. The lowest BCUT2D eigenvalue weighted by molar-refractivity contribution is -0.113. The van der Waals surface area contributed by atoms with E-state index in [1.54, 1.807) is 18.2 Å². The Morgan fingerprint density at radius 3 is 2.79 bits per heavy atom. The zero-order valence-corrected chi connectivity index (χ0v) is 8.34. The highest BCUT2D eigenvalue weighted by molar-refractivity contribution is 7.14. The Labute approximate surface area is 85.0 Å². The predicted molar refractivity (Wildman–Crippen MR) is 53.9 cm³/mol. The van der Waals surface area contributed by atoms with E-state index >= 15 is 0 Å². The molecule has 74 valence electrons. The summed E-state index contributed by atoms with van der Waals surface area (Å²) in [6.45, 7) is 0. The number of hydrogen-bond donors (Lipinski definition) is 1. The minimum absolute atomic E-state index is 0.381. The highest BCUT2D eigenvalue weighted by Gasteiger charge is 2.07. The van der Waals surface area contributed by atoms with Gasteiger partial charge in [-0.25, -0.2) is 4.79 Å². The van der Waals surface area contributed by atoms with Gasteiger partial charge >= 0.3 is 5.97 Å². The van der Waals surface area contributed by atoms with E-state index in [1.165, 1.54) is 24.5 Å². The molecule has 1 aromatic rings. The lowest BCUT2D eigenvalue weighted by Crippen LogP contribution is -2.04. The molecule has 0 spiro atoms. The van der Waals surface area contributed by atoms with Gasteiger partial charge in [-0.1, -0.05) is 0 Å². The molecule has 0 saturated carbocycles. The first-order chi connectivity index (χ1) is 6.63. The van der Waals surface area contributed by atoms with E-state index in [4.69, 9.17) is 5.73 Å². The van der Waals surface area contributed by atoms with Gasteiger partial charge in [0.25, 0.3) is 0 Å². The van der Waals surface area contributed by atoms with Gasteiger partial charge < -0.3 is 10.5 Å². The molecule has 1 aromatic heterocycles. The Morgan fingerprint density at radius 1 is 1.50 bits per heavy atom. The van der Waals surface area contributed by atoms with Crippen molar-refractivity contribution in [2.24, 2.45) is 5.73 Å². The molecule has 2 N–H and O–H groups in total. The summed E-state index contributed by atoms with van der Waals surface area (Å²) in [6.07, 6.45) is 2.80. The fourth-order valence-electron chi connectivity index (χ4n) is 0.817. The number of hydrogen-bond acceptors (Lipinski definition) is 4. The van der Waals surface area contributed by atoms with E-state index in [0.717, 1.165) is 4.88 Å². The Morgan fingerprint density at radius 2 is 2.21 bits per heavy atom. The van der Waals surface area contributed by atoms with Gasteiger partial charge in [-0.2, -0.15) is 0 Å². The van der Waals surface area contributed by atoms with Gasteiger partial charge in [0.15, 0.2) is 0 Å². The molecule has 0 unspecified atom stereocenters. The minimum Gasteiger partial charge on any atom is -0.465 e. The van der Waals surface area contributed by atoms with Crippen LogP contribution in [0.15, 0.2) is 18.2 Å². The lowest BCUT2D eigenvalue weighted by atomic mass is 10.4. The third-order valence-electron chi connectivity index (χ3n) is 1.43. The Bertz CT molecular complexity index is 381. The second kappa shape index (κ2) is 4.57. The van der Waals surface area contributed by atoms with E-state index in [0.29, 0.717) is 4.88 Å². The number of nitrogens with two attached hydrogens (primary N) is 1. The number of esters is 1. The number of rotatable bonds is 3. The lowest BCUT2D eigenvalue weighted by Gasteiger charge is -1.91. The SMILES string of the molecule is COC(=O)c1ccc(C=CC(N)=O)s1. The summed E-state index contributed by atoms with van der Waals surface area (Å²) >= 11 is 1.24. The van der Waals surface area contributed by atoms with Crippen molar-refractivity contribution >= 4 is 29.3 Å². The van der Waals surface area contributed by atoms with Crippen LogP contribution in [0.4, 0.5) is 0 Å². The molecular formula is C9H9NO3S. The molecule has 0 atom stereocenters. The highest BCUT2D eigenvalue weighted by atomic mass is 32.1. The van der Waals surface area contributed by atoms with Crippen LogP contribution in [0, 0.1) is 0 Å². The van der Waals surface area contributed by atoms with Crippen LogP contribution in [0.25, 0.3) is 6.08 Å². The summed E-state index contributed by atoms with van der Waals surface area (Å²) in [4.78, 5) is 22.7. The number of methoxy groups -OCH3 is 1. The first-order valence-electron chi connectivity index (χ1n) is 3.79. The zero-order chi connectivity index (χ0) is 10.6. The third-order valence-corrected chi connectivity index (χ3v) is 2.46. The molecule has 0 radical (unpaired) electrons. The topological polar surface area (TPSA) is 69.4 Å². The van der Waals surface area contributed by atoms with E-state index in [2.05, 4.69) is 4.74 Å². The zero-order valence-electron chi connectivity index (χ0n) is 7.52. The van der Waals surface area contributed by atoms with Crippen LogP contribution in [0.1, 0.15) is 14.5 Å². The van der Waals surface area contributed by atoms with Gasteiger partial charge in [-0.3, -0.25) is 4.79 Å². The van der Waals surface area contributed by atoms with Crippen LogP contribution in [-0.2, 0) is 9.53 Å². The van der Waals surface area contributed by atoms with Crippen molar-refractivity contribution in [1.82, 2.24) is 0 Å². The van der Waals surface area contributed by atoms with Crippen LogP contribution < -0.4 is 5.73 Å². The van der Waals surface area contributed by atoms with Gasteiger partial charge in [0.2, 0.25) is 5.91 Å². The van der Waals surface area contributed by atoms with Crippen molar-refractivity contribution in [3.05, 3.63) is 28.0 Å². The average molecular weight is 211 g/mol. The van der Waals surface area contributed by atoms with Crippen LogP contribution in [0.3, 0.4) is 0 Å². The van der Waals surface area contributed by atoms with Crippen molar-refractivity contribution < 1.29 is 14.3 Å². The second-order valence-corrected chi connectivity index (χ2v) is 3.54. The number of carbonyl (C=O) groups is 2. The average Bonchev–Trinajstić information content (AvgIpc) is 2.62. The summed E-state index contributed by atoms with van der Waals surface area (Å²) in [5.74, 6) is -0.897. The molecule has 5 heteroatoms. The highest BCUT2D eigenvalue weighted by Crippen LogP contribution is 2.18. The maximum atomic E-state index is 11.0. The summed E-state index contributed by atoms with van der Waals surface area (Å²) < 4.78 is 4.53. The molecule has 0 bridgehead atoms. The van der Waals surface area contributed by atoms with E-state index in [-0.39, 0.29) is 5.97 Å². The molecule has 1 heterocycles. The summed E-state index contributed by atoms with van der Waals surface area (Å²) in [5.41, 5.74) is 4.92. The maximum absolute atomic E-state index is 11.0. The Hall–Kier alpha value is -1.62. The fourth-order valence-corrected chi connectivity index (χ4v) is 1.65. The van der Waals surface area contributed by atoms with Gasteiger partial charge in [0.05, 0.1) is 7.11 Å². The standard InChI is InChI=1S/C9H9NO3S/c1-13-9(12)7-4-2-6(14-7)3-5-8(10)11/h2-5H,1H3,(H2,10,11). The van der Waals surface area contributed by atoms with Gasteiger partial charge in [-0.15, -0.1) is 11.3 Å². The van der Waals surface area contributed by atoms with Gasteiger partial charge in [0.1, 0.15) is 4.88 Å². The number of primary amides is 1. The normalized spacial score (nSPS) is 10.4. The van der Waals surface area contributed by atoms with E-state index < -0.39 is 5.91 Å². The number of ether oxygens (including phenoxy) is 1. The molecule has 0 fully saturated rings. The van der Waals surface area contributed by atoms with Crippen molar-refractivity contribution in [3.8, 4) is 0 Å². The van der Waals surface area contributed by atoms with Crippen molar-refractivity contribution in [2.45, 2.75) is 0 Å². The molecule has 0 aromatic carbocycles. The monoisotopic (exact) mass is 211 g/mol. The van der Waals surface area contributed by atoms with Crippen molar-refractivity contribution in [1.29, 1.82) is 0 Å². The molecule has 0 aliphatic heterocycles. The van der Waals surface area contributed by atoms with E-state index in [9.17, 15) is 9.59 Å². The van der Waals surface area contributed by atoms with E-state index in [1.807, 2.05) is 0 Å². The number of carbonyl (C=O) groups excluding carboxylic acids is 2. The molecule has 1 amide bonds. The van der Waals surface area contributed by atoms with Crippen molar-refractivity contribution in [3.63, 3.8) is 0 Å². The second-order valence-electron chi connectivity index (χ2n) is 2.43. The van der Waals surface area contributed by atoms with Crippen LogP contribution in [0.5, 0.6) is 0 Å². The molecule has 14 heavy (non-hydrogen) atoms. The summed E-state index contributed by atoms with van der Waals surface area (Å²) in [6, 6.07) is 3.35. The smallest absolute Gasteiger partial charge is 0.348 e. The molecular weight excluding hydrogens is 202 g/mol. The largest absolute Gasteiger partial charge is 0.465 e. The molecule has 0 saturated heterocycles. The first kappa shape index (κ1) is 10.5. The van der Waals surface area contributed by atoms with Gasteiger partial charge in [-0.05, 0) is 18.2 Å². The van der Waals surface area contributed by atoms with Gasteiger partial charge in [0, 0.05) is 11.0 Å². The maximum Gasteiger partial charge on any atom is 0.348 e. The molecule has 4 nitrogen and oxygen atoms in total. The quantitative estimate of drug-likeness (QED) is 0.599. The third kappa shape index (κ3) is 2.70. The minimum atomic E-state index is -0.516.